The molecular formula is C9H14O2S. The zero-order valence-corrected chi connectivity index (χ0v) is 7.90. The van der Waals surface area contributed by atoms with Crippen molar-refractivity contribution in [2.24, 2.45) is 0 Å². The van der Waals surface area contributed by atoms with Gasteiger partial charge in [0.15, 0.2) is 0 Å². The summed E-state index contributed by atoms with van der Waals surface area (Å²) in [6.45, 7) is 0.777. The van der Waals surface area contributed by atoms with Crippen molar-refractivity contribution in [3.05, 3.63) is 11.8 Å². The van der Waals surface area contributed by atoms with Crippen LogP contribution in [0.4, 0.5) is 0 Å². The van der Waals surface area contributed by atoms with Gasteiger partial charge in [-0.2, -0.15) is 11.8 Å². The first-order valence-electron chi connectivity index (χ1n) is 4.45. The Hall–Kier alpha value is -0.150. The van der Waals surface area contributed by atoms with E-state index in [4.69, 9.17) is 4.74 Å². The molecule has 2 heterocycles. The van der Waals surface area contributed by atoms with Crippen molar-refractivity contribution in [2.75, 3.05) is 18.1 Å². The summed E-state index contributed by atoms with van der Waals surface area (Å²) in [5.41, 5.74) is -0.634. The molecule has 3 heteroatoms. The third-order valence-electron chi connectivity index (χ3n) is 2.40. The molecule has 0 radical (unpaired) electrons. The van der Waals surface area contributed by atoms with Crippen molar-refractivity contribution in [1.82, 2.24) is 0 Å². The molecule has 1 saturated heterocycles. The molecule has 2 rings (SSSR count). The van der Waals surface area contributed by atoms with Gasteiger partial charge in [0.25, 0.3) is 0 Å². The van der Waals surface area contributed by atoms with Gasteiger partial charge in [-0.1, -0.05) is 0 Å². The summed E-state index contributed by atoms with van der Waals surface area (Å²) in [7, 11) is 0. The summed E-state index contributed by atoms with van der Waals surface area (Å²) >= 11 is 1.80. The van der Waals surface area contributed by atoms with Gasteiger partial charge in [-0.15, -0.1) is 0 Å². The van der Waals surface area contributed by atoms with E-state index >= 15 is 0 Å². The number of hydrogen-bond acceptors (Lipinski definition) is 3. The highest BCUT2D eigenvalue weighted by atomic mass is 32.2. The second-order valence-corrected chi connectivity index (χ2v) is 4.50. The van der Waals surface area contributed by atoms with Crippen LogP contribution < -0.4 is 0 Å². The lowest BCUT2D eigenvalue weighted by Crippen LogP contribution is -2.33. The minimum atomic E-state index is -0.634. The van der Waals surface area contributed by atoms with Gasteiger partial charge in [0.2, 0.25) is 0 Å². The summed E-state index contributed by atoms with van der Waals surface area (Å²) in [5, 5.41) is 10.1. The molecule has 2 aliphatic heterocycles. The fourth-order valence-electron chi connectivity index (χ4n) is 1.63. The van der Waals surface area contributed by atoms with E-state index in [1.165, 1.54) is 0 Å². The van der Waals surface area contributed by atoms with Crippen LogP contribution in [0.1, 0.15) is 19.3 Å². The zero-order chi connectivity index (χ0) is 8.44. The topological polar surface area (TPSA) is 29.5 Å². The first kappa shape index (κ1) is 8.45. The fourth-order valence-corrected chi connectivity index (χ4v) is 2.88. The molecule has 0 aromatic rings. The molecule has 2 nitrogen and oxygen atoms in total. The number of thioether (sulfide) groups is 1. The largest absolute Gasteiger partial charge is 0.495 e. The molecular weight excluding hydrogens is 172 g/mol. The van der Waals surface area contributed by atoms with Crippen LogP contribution in [0.25, 0.3) is 0 Å². The molecule has 1 N–H and O–H groups in total. The fraction of sp³-hybridized carbons (Fsp3) is 0.778. The van der Waals surface area contributed by atoms with E-state index in [1.807, 2.05) is 0 Å². The average Bonchev–Trinajstić information content (AvgIpc) is 2.55. The molecule has 12 heavy (non-hydrogen) atoms. The van der Waals surface area contributed by atoms with E-state index in [0.29, 0.717) is 0 Å². The van der Waals surface area contributed by atoms with Gasteiger partial charge in [0, 0.05) is 5.75 Å². The van der Waals surface area contributed by atoms with Crippen LogP contribution >= 0.6 is 11.8 Å². The number of allylic oxidation sites excluding steroid dienone is 1. The van der Waals surface area contributed by atoms with Gasteiger partial charge in [-0.25, -0.2) is 0 Å². The van der Waals surface area contributed by atoms with Gasteiger partial charge < -0.3 is 9.84 Å². The quantitative estimate of drug-likeness (QED) is 0.673. The predicted octanol–water partition coefficient (Wildman–Crippen LogP) is 1.55. The lowest BCUT2D eigenvalue weighted by Gasteiger charge is -2.27. The number of aliphatic hydroxyl groups is 1. The van der Waals surface area contributed by atoms with E-state index < -0.39 is 5.60 Å². The van der Waals surface area contributed by atoms with Crippen molar-refractivity contribution < 1.29 is 9.84 Å². The van der Waals surface area contributed by atoms with Crippen LogP contribution in [0.15, 0.2) is 11.8 Å². The lowest BCUT2D eigenvalue weighted by atomic mass is 9.99. The first-order chi connectivity index (χ1) is 5.81. The predicted molar refractivity (Wildman–Crippen MR) is 50.2 cm³/mol. The zero-order valence-electron chi connectivity index (χ0n) is 7.08. The number of ether oxygens (including phenoxy) is 1. The number of hydrogen-bond donors (Lipinski definition) is 1. The van der Waals surface area contributed by atoms with Gasteiger partial charge >= 0.3 is 0 Å². The van der Waals surface area contributed by atoms with Crippen LogP contribution in [-0.4, -0.2) is 28.8 Å². The monoisotopic (exact) mass is 186 g/mol. The smallest absolute Gasteiger partial charge is 0.131 e. The Morgan fingerprint density at radius 1 is 1.58 bits per heavy atom. The van der Waals surface area contributed by atoms with E-state index in [-0.39, 0.29) is 0 Å². The van der Waals surface area contributed by atoms with Crippen LogP contribution in [0.5, 0.6) is 0 Å². The molecule has 0 aliphatic carbocycles. The van der Waals surface area contributed by atoms with Crippen molar-refractivity contribution in [1.29, 1.82) is 0 Å². The Labute approximate surface area is 77.0 Å². The highest BCUT2D eigenvalue weighted by molar-refractivity contribution is 7.99. The third kappa shape index (κ3) is 1.48. The molecule has 0 saturated carbocycles. The SMILES string of the molecule is OC1(C2=CCCCO2)CCSC1. The van der Waals surface area contributed by atoms with Crippen LogP contribution in [-0.2, 0) is 4.74 Å². The van der Waals surface area contributed by atoms with Gasteiger partial charge in [-0.05, 0) is 31.1 Å². The standard InChI is InChI=1S/C9H14O2S/c10-9(4-6-12-7-9)8-3-1-2-5-11-8/h3,10H,1-2,4-7H2. The molecule has 0 bridgehead atoms. The van der Waals surface area contributed by atoms with Crippen LogP contribution in [0.3, 0.4) is 0 Å². The molecule has 1 unspecified atom stereocenters. The molecule has 68 valence electrons. The van der Waals surface area contributed by atoms with E-state index in [2.05, 4.69) is 6.08 Å². The van der Waals surface area contributed by atoms with Crippen LogP contribution in [0, 0.1) is 0 Å². The van der Waals surface area contributed by atoms with E-state index in [0.717, 1.165) is 43.1 Å². The average molecular weight is 186 g/mol. The Balaban J connectivity index is 2.10. The Bertz CT molecular complexity index is 195. The first-order valence-corrected chi connectivity index (χ1v) is 5.60. The summed E-state index contributed by atoms with van der Waals surface area (Å²) < 4.78 is 5.46. The maximum absolute atomic E-state index is 10.1. The maximum atomic E-state index is 10.1. The molecule has 0 aromatic carbocycles. The van der Waals surface area contributed by atoms with Gasteiger partial charge in [0.1, 0.15) is 11.4 Å². The Morgan fingerprint density at radius 2 is 2.50 bits per heavy atom. The van der Waals surface area contributed by atoms with Gasteiger partial charge in [0.05, 0.1) is 6.61 Å². The normalized spacial score (nSPS) is 35.9. The van der Waals surface area contributed by atoms with Crippen molar-refractivity contribution in [3.8, 4) is 0 Å². The number of rotatable bonds is 1. The van der Waals surface area contributed by atoms with Crippen LogP contribution in [0.2, 0.25) is 0 Å². The minimum Gasteiger partial charge on any atom is -0.495 e. The molecule has 2 aliphatic rings. The van der Waals surface area contributed by atoms with Crippen molar-refractivity contribution >= 4 is 11.8 Å². The second kappa shape index (κ2) is 3.30. The summed E-state index contributed by atoms with van der Waals surface area (Å²) in [6.07, 6.45) is 5.05. The molecule has 0 aromatic heterocycles. The Morgan fingerprint density at radius 3 is 3.08 bits per heavy atom. The van der Waals surface area contributed by atoms with Gasteiger partial charge in [-0.3, -0.25) is 0 Å². The van der Waals surface area contributed by atoms with Crippen molar-refractivity contribution in [2.45, 2.75) is 24.9 Å². The summed E-state index contributed by atoms with van der Waals surface area (Å²) in [5.74, 6) is 2.69. The Kier molecular flexibility index (Phi) is 2.33. The molecule has 0 amide bonds. The molecule has 0 spiro atoms. The highest BCUT2D eigenvalue weighted by Crippen LogP contribution is 2.35. The lowest BCUT2D eigenvalue weighted by molar-refractivity contribution is 0.0240. The van der Waals surface area contributed by atoms with E-state index in [1.54, 1.807) is 11.8 Å². The maximum Gasteiger partial charge on any atom is 0.131 e. The second-order valence-electron chi connectivity index (χ2n) is 3.39. The molecule has 1 fully saturated rings. The third-order valence-corrected chi connectivity index (χ3v) is 3.57. The van der Waals surface area contributed by atoms with Crippen molar-refractivity contribution in [3.63, 3.8) is 0 Å². The minimum absolute atomic E-state index is 0.634. The van der Waals surface area contributed by atoms with E-state index in [9.17, 15) is 5.11 Å². The summed E-state index contributed by atoms with van der Waals surface area (Å²) in [4.78, 5) is 0. The summed E-state index contributed by atoms with van der Waals surface area (Å²) in [6, 6.07) is 0. The highest BCUT2D eigenvalue weighted by Gasteiger charge is 2.37. The molecule has 1 atom stereocenters.